The highest BCUT2D eigenvalue weighted by atomic mass is 35.5. The summed E-state index contributed by atoms with van der Waals surface area (Å²) in [6.07, 6.45) is 0. The zero-order valence-electron chi connectivity index (χ0n) is 8.06. The lowest BCUT2D eigenvalue weighted by atomic mass is 10.1. The first-order valence-electron chi connectivity index (χ1n) is 3.98. The van der Waals surface area contributed by atoms with Crippen LogP contribution in [-0.4, -0.2) is 37.2 Å². The smallest absolute Gasteiger partial charge is 0.237 e. The second kappa shape index (κ2) is 5.40. The molecule has 0 fully saturated rings. The van der Waals surface area contributed by atoms with E-state index in [4.69, 9.17) is 11.6 Å². The highest BCUT2D eigenvalue weighted by molar-refractivity contribution is 6.30. The van der Waals surface area contributed by atoms with E-state index < -0.39 is 11.0 Å². The second-order valence-electron chi connectivity index (χ2n) is 3.18. The minimum absolute atomic E-state index is 0.0516. The predicted octanol–water partition coefficient (Wildman–Crippen LogP) is 1.10. The molecular formula is C8H15ClFNO2. The number of rotatable bonds is 5. The normalized spacial score (nSPS) is 17.6. The molecular weight excluding hydrogens is 197 g/mol. The van der Waals surface area contributed by atoms with Crippen molar-refractivity contribution in [2.45, 2.75) is 24.9 Å². The molecule has 0 aromatic rings. The zero-order chi connectivity index (χ0) is 10.5. The summed E-state index contributed by atoms with van der Waals surface area (Å²) in [6, 6.07) is 0. The van der Waals surface area contributed by atoms with Crippen LogP contribution in [0.25, 0.3) is 0 Å². The van der Waals surface area contributed by atoms with Gasteiger partial charge in [-0.2, -0.15) is 0 Å². The maximum atomic E-state index is 13.3. The molecule has 0 aliphatic carbocycles. The van der Waals surface area contributed by atoms with Gasteiger partial charge in [-0.3, -0.25) is 4.79 Å². The van der Waals surface area contributed by atoms with E-state index in [1.807, 2.05) is 0 Å². The Balaban J connectivity index is 3.80. The third-order valence-electron chi connectivity index (χ3n) is 1.44. The second-order valence-corrected chi connectivity index (χ2v) is 3.83. The van der Waals surface area contributed by atoms with Gasteiger partial charge >= 0.3 is 0 Å². The van der Waals surface area contributed by atoms with Crippen molar-refractivity contribution < 1.29 is 13.9 Å². The van der Waals surface area contributed by atoms with Crippen molar-refractivity contribution in [1.29, 1.82) is 0 Å². The minimum Gasteiger partial charge on any atom is -0.381 e. The van der Waals surface area contributed by atoms with Crippen LogP contribution < -0.4 is 5.32 Å². The number of nitrogens with one attached hydrogen (secondary N) is 1. The van der Waals surface area contributed by atoms with Gasteiger partial charge in [0.2, 0.25) is 5.91 Å². The number of hydrogen-bond acceptors (Lipinski definition) is 2. The van der Waals surface area contributed by atoms with Crippen molar-refractivity contribution in [3.8, 4) is 0 Å². The van der Waals surface area contributed by atoms with Gasteiger partial charge in [-0.1, -0.05) is 0 Å². The van der Waals surface area contributed by atoms with Gasteiger partial charge in [0.25, 0.3) is 0 Å². The number of alkyl halides is 2. The molecule has 1 N–H and O–H groups in total. The topological polar surface area (TPSA) is 38.3 Å². The molecule has 3 nitrogen and oxygen atoms in total. The minimum atomic E-state index is -1.55. The highest BCUT2D eigenvalue weighted by Gasteiger charge is 2.24. The first-order chi connectivity index (χ1) is 5.89. The van der Waals surface area contributed by atoms with E-state index >= 15 is 0 Å². The summed E-state index contributed by atoms with van der Waals surface area (Å²) < 4.78 is 18.0. The Morgan fingerprint density at radius 3 is 2.69 bits per heavy atom. The molecule has 0 saturated carbocycles. The van der Waals surface area contributed by atoms with Crippen molar-refractivity contribution >= 4 is 17.5 Å². The molecule has 0 bridgehead atoms. The molecule has 0 spiro atoms. The number of amides is 1. The third-order valence-corrected chi connectivity index (χ3v) is 1.64. The Labute approximate surface area is 82.6 Å². The van der Waals surface area contributed by atoms with E-state index in [-0.39, 0.29) is 19.1 Å². The van der Waals surface area contributed by atoms with Gasteiger partial charge in [-0.05, 0) is 13.8 Å². The van der Waals surface area contributed by atoms with Crippen LogP contribution in [0.15, 0.2) is 0 Å². The molecule has 0 aromatic carbocycles. The lowest BCUT2D eigenvalue weighted by Gasteiger charge is -2.19. The van der Waals surface area contributed by atoms with Crippen molar-refractivity contribution in [1.82, 2.24) is 5.32 Å². The van der Waals surface area contributed by atoms with Crippen LogP contribution in [-0.2, 0) is 9.53 Å². The lowest BCUT2D eigenvalue weighted by Crippen LogP contribution is -2.42. The van der Waals surface area contributed by atoms with Gasteiger partial charge in [0.15, 0.2) is 0 Å². The molecule has 0 rings (SSSR count). The summed E-state index contributed by atoms with van der Waals surface area (Å²) in [6.45, 7) is 2.75. The van der Waals surface area contributed by atoms with E-state index in [2.05, 4.69) is 10.1 Å². The maximum absolute atomic E-state index is 13.3. The van der Waals surface area contributed by atoms with Gasteiger partial charge in [0, 0.05) is 7.11 Å². The number of carbonyl (C=O) groups excluding carboxylic acids is 1. The number of halogens is 2. The number of methoxy groups -OCH3 is 1. The summed E-state index contributed by atoms with van der Waals surface area (Å²) in [4.78, 5) is 10.9. The summed E-state index contributed by atoms with van der Waals surface area (Å²) in [5.74, 6) is -0.373. The predicted molar refractivity (Wildman–Crippen MR) is 49.7 cm³/mol. The molecule has 78 valence electrons. The molecule has 0 saturated heterocycles. The molecule has 2 atom stereocenters. The van der Waals surface area contributed by atoms with Gasteiger partial charge < -0.3 is 10.1 Å². The van der Waals surface area contributed by atoms with Crippen LogP contribution in [0.3, 0.4) is 0 Å². The Morgan fingerprint density at radius 2 is 2.31 bits per heavy atom. The summed E-state index contributed by atoms with van der Waals surface area (Å²) in [5.41, 5.74) is -1.55. The van der Waals surface area contributed by atoms with E-state index in [1.54, 1.807) is 0 Å². The molecule has 0 heterocycles. The number of ether oxygens (including phenoxy) is 1. The lowest BCUT2D eigenvalue weighted by molar-refractivity contribution is -0.121. The van der Waals surface area contributed by atoms with E-state index in [0.717, 1.165) is 0 Å². The Morgan fingerprint density at radius 1 is 1.77 bits per heavy atom. The first-order valence-corrected chi connectivity index (χ1v) is 4.42. The van der Waals surface area contributed by atoms with Crippen LogP contribution >= 0.6 is 11.6 Å². The SMILES string of the molecule is COCC(C)(F)CNC(=O)C(C)Cl. The quantitative estimate of drug-likeness (QED) is 0.692. The van der Waals surface area contributed by atoms with Crippen molar-refractivity contribution in [3.05, 3.63) is 0 Å². The highest BCUT2D eigenvalue weighted by Crippen LogP contribution is 2.08. The van der Waals surface area contributed by atoms with Crippen molar-refractivity contribution in [2.24, 2.45) is 0 Å². The third kappa shape index (κ3) is 5.82. The van der Waals surface area contributed by atoms with E-state index in [0.29, 0.717) is 0 Å². The van der Waals surface area contributed by atoms with Crippen molar-refractivity contribution in [2.75, 3.05) is 20.3 Å². The summed E-state index contributed by atoms with van der Waals surface area (Å²) in [5, 5.41) is 1.74. The standard InChI is InChI=1S/C8H15ClFNO2/c1-6(9)7(12)11-4-8(2,10)5-13-3/h6H,4-5H2,1-3H3,(H,11,12). The van der Waals surface area contributed by atoms with Gasteiger partial charge in [0.1, 0.15) is 11.0 Å². The monoisotopic (exact) mass is 211 g/mol. The average Bonchev–Trinajstić information content (AvgIpc) is 2.00. The van der Waals surface area contributed by atoms with Gasteiger partial charge in [0.05, 0.1) is 13.2 Å². The van der Waals surface area contributed by atoms with Gasteiger partial charge in [-0.15, -0.1) is 11.6 Å². The fourth-order valence-electron chi connectivity index (χ4n) is 0.764. The maximum Gasteiger partial charge on any atom is 0.237 e. The molecule has 0 aromatic heterocycles. The van der Waals surface area contributed by atoms with E-state index in [9.17, 15) is 9.18 Å². The number of carbonyl (C=O) groups is 1. The zero-order valence-corrected chi connectivity index (χ0v) is 8.82. The molecule has 0 radical (unpaired) electrons. The van der Waals surface area contributed by atoms with Crippen LogP contribution in [0, 0.1) is 0 Å². The molecule has 0 aliphatic heterocycles. The fourth-order valence-corrected chi connectivity index (χ4v) is 0.841. The summed E-state index contributed by atoms with van der Waals surface area (Å²) >= 11 is 5.47. The molecule has 1 amide bonds. The fraction of sp³-hybridized carbons (Fsp3) is 0.875. The molecule has 2 unspecified atom stereocenters. The molecule has 5 heteroatoms. The van der Waals surface area contributed by atoms with Crippen LogP contribution in [0.4, 0.5) is 4.39 Å². The van der Waals surface area contributed by atoms with Crippen molar-refractivity contribution in [3.63, 3.8) is 0 Å². The van der Waals surface area contributed by atoms with Gasteiger partial charge in [-0.25, -0.2) is 4.39 Å². The molecule has 13 heavy (non-hydrogen) atoms. The number of hydrogen-bond donors (Lipinski definition) is 1. The van der Waals surface area contributed by atoms with Crippen LogP contribution in [0.2, 0.25) is 0 Å². The Hall–Kier alpha value is -0.350. The summed E-state index contributed by atoms with van der Waals surface area (Å²) in [7, 11) is 1.41. The Kier molecular flexibility index (Phi) is 5.25. The van der Waals surface area contributed by atoms with E-state index in [1.165, 1.54) is 21.0 Å². The largest absolute Gasteiger partial charge is 0.381 e. The first kappa shape index (κ1) is 12.7. The average molecular weight is 212 g/mol. The molecule has 0 aliphatic rings. The Bertz CT molecular complexity index is 174. The van der Waals surface area contributed by atoms with Crippen LogP contribution in [0.1, 0.15) is 13.8 Å². The van der Waals surface area contributed by atoms with Crippen LogP contribution in [0.5, 0.6) is 0 Å².